The molecule has 4 fully saturated rings. The largest absolute Gasteiger partial charge is 0.393 e. The molecule has 0 bridgehead atoms. The van der Waals surface area contributed by atoms with Gasteiger partial charge in [-0.05, 0) is 112 Å². The normalized spacial score (nSPS) is 39.6. The van der Waals surface area contributed by atoms with E-state index in [2.05, 4.69) is 42.3 Å². The molecule has 8 heteroatoms. The summed E-state index contributed by atoms with van der Waals surface area (Å²) in [5, 5.41) is 16.9. The number of aliphatic hydroxyl groups excluding tert-OH is 1. The average molecular weight is 553 g/mol. The third-order valence-corrected chi connectivity index (χ3v) is 12.2. The molecule has 1 saturated heterocycles. The molecule has 5 aliphatic rings. The zero-order valence-corrected chi connectivity index (χ0v) is 24.8. The van der Waals surface area contributed by atoms with Crippen LogP contribution in [0.15, 0.2) is 16.2 Å². The molecule has 0 unspecified atom stereocenters. The molecule has 0 aromatic carbocycles. The van der Waals surface area contributed by atoms with Gasteiger partial charge in [-0.15, -0.1) is 0 Å². The molecule has 6 rings (SSSR count). The second-order valence-corrected chi connectivity index (χ2v) is 14.3. The van der Waals surface area contributed by atoms with Crippen molar-refractivity contribution in [2.45, 2.75) is 110 Å². The van der Waals surface area contributed by atoms with Crippen molar-refractivity contribution in [3.05, 3.63) is 23.4 Å². The van der Waals surface area contributed by atoms with E-state index in [0.717, 1.165) is 49.9 Å². The van der Waals surface area contributed by atoms with Gasteiger partial charge in [-0.3, -0.25) is 9.59 Å². The number of fused-ring (bicyclic) bond motifs is 5. The number of aryl methyl sites for hydroxylation is 1. The number of hydrogen-bond donors (Lipinski definition) is 2. The van der Waals surface area contributed by atoms with Gasteiger partial charge >= 0.3 is 11.8 Å². The lowest BCUT2D eigenvalue weighted by molar-refractivity contribution is -0.130. The topological polar surface area (TPSA) is 109 Å². The van der Waals surface area contributed by atoms with Gasteiger partial charge in [0.25, 0.3) is 0 Å². The first-order valence-corrected chi connectivity index (χ1v) is 15.8. The van der Waals surface area contributed by atoms with E-state index in [9.17, 15) is 14.7 Å². The van der Waals surface area contributed by atoms with Crippen molar-refractivity contribution in [3.8, 4) is 0 Å². The van der Waals surface area contributed by atoms with Crippen LogP contribution in [0.4, 0.5) is 0 Å². The fraction of sp³-hybridized carbons (Fsp3) is 0.812. The Morgan fingerprint density at radius 2 is 2.00 bits per heavy atom. The van der Waals surface area contributed by atoms with Crippen molar-refractivity contribution in [2.75, 3.05) is 13.1 Å². The summed E-state index contributed by atoms with van der Waals surface area (Å²) < 4.78 is 4.97. The lowest BCUT2D eigenvalue weighted by Crippen LogP contribution is -2.50. The third kappa shape index (κ3) is 4.82. The molecule has 220 valence electrons. The van der Waals surface area contributed by atoms with Crippen molar-refractivity contribution < 1.29 is 19.2 Å². The first-order valence-electron chi connectivity index (χ1n) is 15.8. The zero-order valence-electron chi connectivity index (χ0n) is 24.8. The number of carbonyl (C=O) groups is 2. The van der Waals surface area contributed by atoms with E-state index in [4.69, 9.17) is 4.52 Å². The van der Waals surface area contributed by atoms with Crippen LogP contribution in [-0.2, 0) is 4.79 Å². The van der Waals surface area contributed by atoms with Crippen LogP contribution in [0.5, 0.6) is 0 Å². The average Bonchev–Trinajstić information content (AvgIpc) is 3.66. The summed E-state index contributed by atoms with van der Waals surface area (Å²) in [7, 11) is 0. The number of aromatic nitrogens is 2. The SMILES string of the molecule is Cc1noc(C(=O)N[C@H]2CCN(C(=O)CC[C@@H](C)[C@H]3CC[C@H]4[C@@H]5CC=C6C[C@@H](O)CC[C@]6(C)[C@H]5CC[C@]34C)C2)n1. The van der Waals surface area contributed by atoms with E-state index in [0.29, 0.717) is 42.6 Å². The summed E-state index contributed by atoms with van der Waals surface area (Å²) in [5.74, 6) is 3.78. The highest BCUT2D eigenvalue weighted by Crippen LogP contribution is 2.67. The number of hydrogen-bond acceptors (Lipinski definition) is 6. The number of allylic oxidation sites excluding steroid dienone is 1. The van der Waals surface area contributed by atoms with Crippen LogP contribution in [0.1, 0.15) is 108 Å². The van der Waals surface area contributed by atoms with Gasteiger partial charge in [0.15, 0.2) is 5.82 Å². The summed E-state index contributed by atoms with van der Waals surface area (Å²) in [5.41, 5.74) is 2.21. The van der Waals surface area contributed by atoms with E-state index < -0.39 is 0 Å². The van der Waals surface area contributed by atoms with E-state index in [1.165, 1.54) is 32.1 Å². The maximum atomic E-state index is 13.2. The van der Waals surface area contributed by atoms with Crippen LogP contribution in [0.3, 0.4) is 0 Å². The molecule has 1 aromatic heterocycles. The lowest BCUT2D eigenvalue weighted by Gasteiger charge is -2.58. The van der Waals surface area contributed by atoms with Gasteiger partial charge in [0.1, 0.15) is 0 Å². The van der Waals surface area contributed by atoms with Crippen molar-refractivity contribution in [2.24, 2.45) is 40.4 Å². The Morgan fingerprint density at radius 3 is 2.77 bits per heavy atom. The predicted molar refractivity (Wildman–Crippen MR) is 151 cm³/mol. The Bertz CT molecular complexity index is 1160. The Hall–Kier alpha value is -2.22. The minimum Gasteiger partial charge on any atom is -0.393 e. The summed E-state index contributed by atoms with van der Waals surface area (Å²) in [4.78, 5) is 31.4. The second kappa shape index (κ2) is 10.6. The van der Waals surface area contributed by atoms with Crippen LogP contribution in [0.25, 0.3) is 0 Å². The molecule has 0 radical (unpaired) electrons. The molecular formula is C32H48N4O4. The summed E-state index contributed by atoms with van der Waals surface area (Å²) in [6, 6.07) is -0.0786. The first kappa shape index (κ1) is 27.9. The van der Waals surface area contributed by atoms with Crippen molar-refractivity contribution >= 4 is 11.8 Å². The Morgan fingerprint density at radius 1 is 1.18 bits per heavy atom. The lowest BCUT2D eigenvalue weighted by atomic mass is 9.47. The fourth-order valence-electron chi connectivity index (χ4n) is 10.1. The van der Waals surface area contributed by atoms with Crippen LogP contribution in [0.2, 0.25) is 0 Å². The predicted octanol–water partition coefficient (Wildman–Crippen LogP) is 5.06. The van der Waals surface area contributed by atoms with Crippen LogP contribution >= 0.6 is 0 Å². The number of likely N-dealkylation sites (tertiary alicyclic amines) is 1. The molecule has 1 aliphatic heterocycles. The van der Waals surface area contributed by atoms with Crippen molar-refractivity contribution in [1.82, 2.24) is 20.4 Å². The van der Waals surface area contributed by atoms with E-state index in [1.807, 2.05) is 4.90 Å². The molecule has 0 spiro atoms. The Labute approximate surface area is 238 Å². The Kier molecular flexibility index (Phi) is 7.37. The van der Waals surface area contributed by atoms with Gasteiger partial charge < -0.3 is 19.8 Å². The number of aliphatic hydroxyl groups is 1. The highest BCUT2D eigenvalue weighted by Gasteiger charge is 2.59. The Balaban J connectivity index is 1.02. The van der Waals surface area contributed by atoms with Gasteiger partial charge in [0, 0.05) is 25.6 Å². The number of carbonyl (C=O) groups excluding carboxylic acids is 2. The van der Waals surface area contributed by atoms with Gasteiger partial charge in [-0.25, -0.2) is 0 Å². The quantitative estimate of drug-likeness (QED) is 0.478. The number of nitrogens with zero attached hydrogens (tertiary/aromatic N) is 3. The van der Waals surface area contributed by atoms with Crippen molar-refractivity contribution in [3.63, 3.8) is 0 Å². The van der Waals surface area contributed by atoms with E-state index in [-0.39, 0.29) is 35.3 Å². The number of rotatable bonds is 6. The number of nitrogens with one attached hydrogen (secondary N) is 1. The number of amides is 2. The molecule has 4 aliphatic carbocycles. The summed E-state index contributed by atoms with van der Waals surface area (Å²) >= 11 is 0. The van der Waals surface area contributed by atoms with Crippen LogP contribution < -0.4 is 5.32 Å². The molecule has 2 N–H and O–H groups in total. The summed E-state index contributed by atoms with van der Waals surface area (Å²) in [6.45, 7) is 10.4. The van der Waals surface area contributed by atoms with Crippen LogP contribution in [0, 0.1) is 47.3 Å². The van der Waals surface area contributed by atoms with Gasteiger partial charge in [0.2, 0.25) is 5.91 Å². The molecule has 2 amide bonds. The first-order chi connectivity index (χ1) is 19.1. The summed E-state index contributed by atoms with van der Waals surface area (Å²) in [6.07, 6.45) is 14.1. The maximum Gasteiger partial charge on any atom is 0.315 e. The van der Waals surface area contributed by atoms with Crippen molar-refractivity contribution in [1.29, 1.82) is 0 Å². The molecular weight excluding hydrogens is 504 g/mol. The minimum absolute atomic E-state index is 0.0233. The molecule has 1 aromatic rings. The molecule has 9 atom stereocenters. The zero-order chi connectivity index (χ0) is 28.2. The molecule has 3 saturated carbocycles. The standard InChI is InChI=1S/C32H48N4O4/c1-19(5-10-28(38)36-16-13-22(18-36)34-29(39)30-33-20(2)35-40-30)25-8-9-26-24-7-6-21-17-23(37)11-14-31(21,3)27(24)12-15-32(25,26)4/h6,19,22-27,37H,5,7-18H2,1-4H3,(H,34,39)/t19-,22+,23+,24+,25-,26+,27+,31+,32-/m1/s1. The van der Waals surface area contributed by atoms with Crippen LogP contribution in [-0.4, -0.2) is 57.2 Å². The monoisotopic (exact) mass is 552 g/mol. The highest BCUT2D eigenvalue weighted by atomic mass is 16.5. The molecule has 2 heterocycles. The maximum absolute atomic E-state index is 13.2. The fourth-order valence-corrected chi connectivity index (χ4v) is 10.1. The van der Waals surface area contributed by atoms with E-state index >= 15 is 0 Å². The smallest absolute Gasteiger partial charge is 0.315 e. The molecule has 8 nitrogen and oxygen atoms in total. The van der Waals surface area contributed by atoms with Gasteiger partial charge in [0.05, 0.1) is 6.10 Å². The second-order valence-electron chi connectivity index (χ2n) is 14.3. The highest BCUT2D eigenvalue weighted by molar-refractivity contribution is 5.89. The van der Waals surface area contributed by atoms with Gasteiger partial charge in [-0.1, -0.05) is 37.6 Å². The minimum atomic E-state index is -0.368. The van der Waals surface area contributed by atoms with Gasteiger partial charge in [-0.2, -0.15) is 4.98 Å². The van der Waals surface area contributed by atoms with E-state index in [1.54, 1.807) is 12.5 Å². The molecule has 40 heavy (non-hydrogen) atoms. The third-order valence-electron chi connectivity index (χ3n) is 12.2.